The van der Waals surface area contributed by atoms with Crippen LogP contribution in [0.5, 0.6) is 0 Å². The molecule has 170 valence electrons. The molecule has 10 heteroatoms. The lowest BCUT2D eigenvalue weighted by Crippen LogP contribution is -2.23. The standard InChI is InChI=1S/C22H25F3N6O/c1-14-18(15(2)31-21(26-14)28-20(29-31)22(23,24)25)13-19(32)27-16-7-9-17(10-8-16)30-11-5-3-4-6-12-30/h7-10H,3-6,11-13H2,1-2H3,(H,27,32). The molecular weight excluding hydrogens is 421 g/mol. The van der Waals surface area contributed by atoms with E-state index in [9.17, 15) is 18.0 Å². The average Bonchev–Trinajstić information content (AvgIpc) is 2.99. The number of aromatic nitrogens is 4. The Morgan fingerprint density at radius 1 is 1.03 bits per heavy atom. The van der Waals surface area contributed by atoms with Crippen LogP contribution in [0.15, 0.2) is 24.3 Å². The second-order valence-electron chi connectivity index (χ2n) is 8.08. The van der Waals surface area contributed by atoms with Gasteiger partial charge >= 0.3 is 6.18 Å². The van der Waals surface area contributed by atoms with Crippen LogP contribution in [0.25, 0.3) is 5.78 Å². The topological polar surface area (TPSA) is 75.4 Å². The highest BCUT2D eigenvalue weighted by Crippen LogP contribution is 2.27. The zero-order valence-corrected chi connectivity index (χ0v) is 18.0. The number of benzene rings is 1. The van der Waals surface area contributed by atoms with E-state index < -0.39 is 12.0 Å². The lowest BCUT2D eigenvalue weighted by atomic mass is 10.1. The number of fused-ring (bicyclic) bond motifs is 1. The van der Waals surface area contributed by atoms with Crippen molar-refractivity contribution in [1.29, 1.82) is 0 Å². The first-order valence-corrected chi connectivity index (χ1v) is 10.7. The van der Waals surface area contributed by atoms with Gasteiger partial charge in [-0.15, -0.1) is 5.10 Å². The monoisotopic (exact) mass is 446 g/mol. The SMILES string of the molecule is Cc1nc2nc(C(F)(F)F)nn2c(C)c1CC(=O)Nc1ccc(N2CCCCCC2)cc1. The minimum Gasteiger partial charge on any atom is -0.372 e. The molecule has 0 unspecified atom stereocenters. The number of anilines is 2. The summed E-state index contributed by atoms with van der Waals surface area (Å²) in [6.07, 6.45) is 0.199. The number of carbonyl (C=O) groups excluding carboxylic acids is 1. The second-order valence-corrected chi connectivity index (χ2v) is 8.08. The molecule has 1 fully saturated rings. The largest absolute Gasteiger partial charge is 0.453 e. The van der Waals surface area contributed by atoms with Crippen molar-refractivity contribution in [1.82, 2.24) is 19.6 Å². The predicted molar refractivity (Wildman–Crippen MR) is 115 cm³/mol. The van der Waals surface area contributed by atoms with Gasteiger partial charge in [-0.2, -0.15) is 18.2 Å². The Hall–Kier alpha value is -3.17. The number of nitrogens with one attached hydrogen (secondary N) is 1. The van der Waals surface area contributed by atoms with Gasteiger partial charge in [0.25, 0.3) is 11.6 Å². The third kappa shape index (κ3) is 4.68. The number of rotatable bonds is 4. The molecule has 1 N–H and O–H groups in total. The normalized spacial score (nSPS) is 15.1. The highest BCUT2D eigenvalue weighted by atomic mass is 19.4. The predicted octanol–water partition coefficient (Wildman–Crippen LogP) is 4.32. The quantitative estimate of drug-likeness (QED) is 0.646. The van der Waals surface area contributed by atoms with Gasteiger partial charge in [-0.3, -0.25) is 4.79 Å². The van der Waals surface area contributed by atoms with Gasteiger partial charge in [0.05, 0.1) is 6.42 Å². The number of carbonyl (C=O) groups is 1. The summed E-state index contributed by atoms with van der Waals surface area (Å²) in [4.78, 5) is 22.6. The van der Waals surface area contributed by atoms with E-state index in [0.717, 1.165) is 23.3 Å². The molecule has 32 heavy (non-hydrogen) atoms. The van der Waals surface area contributed by atoms with E-state index in [1.807, 2.05) is 24.3 Å². The summed E-state index contributed by atoms with van der Waals surface area (Å²) in [6, 6.07) is 7.73. The maximum Gasteiger partial charge on any atom is 0.453 e. The van der Waals surface area contributed by atoms with Crippen LogP contribution in [-0.2, 0) is 17.4 Å². The van der Waals surface area contributed by atoms with Crippen molar-refractivity contribution in [2.24, 2.45) is 0 Å². The van der Waals surface area contributed by atoms with Crippen LogP contribution in [0.3, 0.4) is 0 Å². The Kier molecular flexibility index (Phi) is 6.03. The number of amides is 1. The molecule has 0 bridgehead atoms. The van der Waals surface area contributed by atoms with E-state index in [2.05, 4.69) is 25.3 Å². The van der Waals surface area contributed by atoms with E-state index in [1.54, 1.807) is 13.8 Å². The average molecular weight is 446 g/mol. The molecule has 3 heterocycles. The Bertz CT molecular complexity index is 1120. The molecule has 2 aromatic heterocycles. The van der Waals surface area contributed by atoms with Gasteiger partial charge in [-0.1, -0.05) is 12.8 Å². The molecule has 4 rings (SSSR count). The molecule has 1 aromatic carbocycles. The van der Waals surface area contributed by atoms with Crippen LogP contribution < -0.4 is 10.2 Å². The van der Waals surface area contributed by atoms with E-state index in [4.69, 9.17) is 0 Å². The Balaban J connectivity index is 1.48. The maximum atomic E-state index is 12.9. The van der Waals surface area contributed by atoms with Gasteiger partial charge < -0.3 is 10.2 Å². The summed E-state index contributed by atoms with van der Waals surface area (Å²) in [5.41, 5.74) is 3.18. The van der Waals surface area contributed by atoms with E-state index in [-0.39, 0.29) is 18.1 Å². The van der Waals surface area contributed by atoms with E-state index >= 15 is 0 Å². The minimum atomic E-state index is -4.66. The zero-order chi connectivity index (χ0) is 22.9. The molecule has 1 aliphatic rings. The van der Waals surface area contributed by atoms with Crippen LogP contribution in [0.4, 0.5) is 24.5 Å². The van der Waals surface area contributed by atoms with Gasteiger partial charge in [0.1, 0.15) is 0 Å². The number of halogens is 3. The third-order valence-corrected chi connectivity index (χ3v) is 5.76. The van der Waals surface area contributed by atoms with Gasteiger partial charge in [-0.25, -0.2) is 9.50 Å². The summed E-state index contributed by atoms with van der Waals surface area (Å²) in [5.74, 6) is -1.67. The van der Waals surface area contributed by atoms with Crippen molar-refractivity contribution in [3.05, 3.63) is 47.0 Å². The summed E-state index contributed by atoms with van der Waals surface area (Å²) < 4.78 is 39.9. The first kappa shape index (κ1) is 22.0. The molecule has 1 amide bonds. The second kappa shape index (κ2) is 8.76. The zero-order valence-electron chi connectivity index (χ0n) is 18.0. The summed E-state index contributed by atoms with van der Waals surface area (Å²) >= 11 is 0. The van der Waals surface area contributed by atoms with Gasteiger partial charge in [0.2, 0.25) is 5.91 Å². The molecule has 0 atom stereocenters. The van der Waals surface area contributed by atoms with Crippen molar-refractivity contribution in [2.45, 2.75) is 52.1 Å². The number of alkyl halides is 3. The number of nitrogens with zero attached hydrogens (tertiary/aromatic N) is 5. The van der Waals surface area contributed by atoms with Crippen molar-refractivity contribution in [3.8, 4) is 0 Å². The van der Waals surface area contributed by atoms with E-state index in [0.29, 0.717) is 22.6 Å². The van der Waals surface area contributed by atoms with Crippen molar-refractivity contribution < 1.29 is 18.0 Å². The molecule has 1 aliphatic heterocycles. The minimum absolute atomic E-state index is 0.0320. The van der Waals surface area contributed by atoms with Gasteiger partial charge in [-0.05, 0) is 51.0 Å². The maximum absolute atomic E-state index is 12.9. The van der Waals surface area contributed by atoms with Gasteiger partial charge in [0, 0.05) is 41.4 Å². The summed E-state index contributed by atoms with van der Waals surface area (Å²) in [7, 11) is 0. The number of hydrogen-bond donors (Lipinski definition) is 1. The van der Waals surface area contributed by atoms with E-state index in [1.165, 1.54) is 25.7 Å². The fourth-order valence-corrected chi connectivity index (χ4v) is 4.03. The number of aryl methyl sites for hydroxylation is 2. The fourth-order valence-electron chi connectivity index (χ4n) is 4.03. The molecule has 1 saturated heterocycles. The van der Waals surface area contributed by atoms with Crippen molar-refractivity contribution in [2.75, 3.05) is 23.3 Å². The van der Waals surface area contributed by atoms with Crippen molar-refractivity contribution >= 4 is 23.1 Å². The fraction of sp³-hybridized carbons (Fsp3) is 0.455. The number of hydrogen-bond acceptors (Lipinski definition) is 5. The highest BCUT2D eigenvalue weighted by molar-refractivity contribution is 5.92. The van der Waals surface area contributed by atoms with Crippen LogP contribution in [0.1, 0.15) is 48.5 Å². The third-order valence-electron chi connectivity index (χ3n) is 5.76. The molecule has 0 radical (unpaired) electrons. The summed E-state index contributed by atoms with van der Waals surface area (Å²) in [6.45, 7) is 5.33. The Morgan fingerprint density at radius 2 is 1.69 bits per heavy atom. The van der Waals surface area contributed by atoms with Crippen molar-refractivity contribution in [3.63, 3.8) is 0 Å². The first-order valence-electron chi connectivity index (χ1n) is 10.7. The molecule has 0 spiro atoms. The molecule has 0 saturated carbocycles. The smallest absolute Gasteiger partial charge is 0.372 e. The van der Waals surface area contributed by atoms with Crippen LogP contribution in [0, 0.1) is 13.8 Å². The Labute approximate surface area is 183 Å². The molecular formula is C22H25F3N6O. The van der Waals surface area contributed by atoms with Crippen LogP contribution >= 0.6 is 0 Å². The molecule has 3 aromatic rings. The summed E-state index contributed by atoms with van der Waals surface area (Å²) in [5, 5.41) is 6.37. The molecule has 0 aliphatic carbocycles. The van der Waals surface area contributed by atoms with Crippen LogP contribution in [0.2, 0.25) is 0 Å². The van der Waals surface area contributed by atoms with Crippen LogP contribution in [-0.4, -0.2) is 38.6 Å². The Morgan fingerprint density at radius 3 is 2.31 bits per heavy atom. The van der Waals surface area contributed by atoms with Gasteiger partial charge in [0.15, 0.2) is 0 Å². The molecule has 7 nitrogen and oxygen atoms in total. The first-order chi connectivity index (χ1) is 15.2. The lowest BCUT2D eigenvalue weighted by molar-refractivity contribution is -0.144. The highest BCUT2D eigenvalue weighted by Gasteiger charge is 2.37. The lowest BCUT2D eigenvalue weighted by Gasteiger charge is -2.22.